The maximum atomic E-state index is 13.0. The van der Waals surface area contributed by atoms with Crippen LogP contribution in [0.15, 0.2) is 79.4 Å². The van der Waals surface area contributed by atoms with Crippen molar-refractivity contribution in [2.75, 3.05) is 5.32 Å². The summed E-state index contributed by atoms with van der Waals surface area (Å²) < 4.78 is 20.6. The van der Waals surface area contributed by atoms with E-state index in [0.29, 0.717) is 23.7 Å². The summed E-state index contributed by atoms with van der Waals surface area (Å²) in [5, 5.41) is 2.76. The van der Waals surface area contributed by atoms with Gasteiger partial charge in [0.2, 0.25) is 5.91 Å². The summed E-state index contributed by atoms with van der Waals surface area (Å²) >= 11 is 0. The first kappa shape index (κ1) is 21.2. The van der Waals surface area contributed by atoms with Crippen LogP contribution in [0.3, 0.4) is 0 Å². The van der Waals surface area contributed by atoms with Crippen LogP contribution in [0, 0.1) is 5.82 Å². The molecule has 0 spiro atoms. The molecule has 0 aliphatic rings. The standard InChI is InChI=1S/C24H22FN5O2/c1-30-14-19(28-15-30)13-22(26)24(31)29-23-12-17(10-11-27-23)16-2-6-20(7-3-16)32-21-8-4-18(25)5-9-21/h2-12,14-15,22H,13,26H2,1H3,(H,27,29,31). The van der Waals surface area contributed by atoms with Crippen LogP contribution >= 0.6 is 0 Å². The average Bonchev–Trinajstić information content (AvgIpc) is 3.20. The molecular formula is C24H22FN5O2. The van der Waals surface area contributed by atoms with Gasteiger partial charge in [0.15, 0.2) is 0 Å². The number of anilines is 1. The lowest BCUT2D eigenvalue weighted by Crippen LogP contribution is -2.37. The fourth-order valence-electron chi connectivity index (χ4n) is 3.14. The predicted molar refractivity (Wildman–Crippen MR) is 120 cm³/mol. The molecule has 0 fully saturated rings. The Bertz CT molecular complexity index is 1210. The van der Waals surface area contributed by atoms with Gasteiger partial charge in [-0.2, -0.15) is 0 Å². The highest BCUT2D eigenvalue weighted by Crippen LogP contribution is 2.27. The summed E-state index contributed by atoms with van der Waals surface area (Å²) in [5.41, 5.74) is 8.57. The third-order valence-electron chi connectivity index (χ3n) is 4.77. The largest absolute Gasteiger partial charge is 0.457 e. The van der Waals surface area contributed by atoms with Crippen molar-refractivity contribution in [1.29, 1.82) is 0 Å². The molecule has 2 aromatic heterocycles. The average molecular weight is 431 g/mol. The number of nitrogens with zero attached hydrogens (tertiary/aromatic N) is 3. The van der Waals surface area contributed by atoms with Gasteiger partial charge in [0.05, 0.1) is 18.1 Å². The summed E-state index contributed by atoms with van der Waals surface area (Å²) in [7, 11) is 1.86. The third-order valence-corrected chi connectivity index (χ3v) is 4.77. The van der Waals surface area contributed by atoms with Crippen molar-refractivity contribution in [3.05, 3.63) is 90.9 Å². The molecule has 3 N–H and O–H groups in total. The number of pyridine rings is 1. The zero-order valence-corrected chi connectivity index (χ0v) is 17.4. The molecule has 0 aliphatic heterocycles. The molecule has 4 rings (SSSR count). The van der Waals surface area contributed by atoms with Gasteiger partial charge in [-0.1, -0.05) is 12.1 Å². The van der Waals surface area contributed by atoms with Crippen molar-refractivity contribution in [2.24, 2.45) is 12.8 Å². The number of nitrogens with two attached hydrogens (primary N) is 1. The van der Waals surface area contributed by atoms with Gasteiger partial charge in [-0.25, -0.2) is 14.4 Å². The maximum absolute atomic E-state index is 13.0. The number of hydrogen-bond acceptors (Lipinski definition) is 5. The smallest absolute Gasteiger partial charge is 0.242 e. The Labute approximate surface area is 184 Å². The first-order valence-corrected chi connectivity index (χ1v) is 9.99. The molecule has 1 amide bonds. The summed E-state index contributed by atoms with van der Waals surface area (Å²) in [6, 6.07) is 16.1. The van der Waals surface area contributed by atoms with Gasteiger partial charge < -0.3 is 20.4 Å². The number of aromatic nitrogens is 3. The van der Waals surface area contributed by atoms with Crippen molar-refractivity contribution < 1.29 is 13.9 Å². The number of nitrogens with one attached hydrogen (secondary N) is 1. The number of hydrogen-bond donors (Lipinski definition) is 2. The second-order valence-corrected chi connectivity index (χ2v) is 7.34. The van der Waals surface area contributed by atoms with E-state index in [1.807, 2.05) is 43.6 Å². The quantitative estimate of drug-likeness (QED) is 0.462. The second-order valence-electron chi connectivity index (χ2n) is 7.34. The minimum atomic E-state index is -0.738. The first-order chi connectivity index (χ1) is 15.5. The number of imidazole rings is 1. The molecule has 8 heteroatoms. The van der Waals surface area contributed by atoms with Gasteiger partial charge in [0.25, 0.3) is 0 Å². The minimum Gasteiger partial charge on any atom is -0.457 e. The Balaban J connectivity index is 1.40. The van der Waals surface area contributed by atoms with Crippen LogP contribution in [0.25, 0.3) is 11.1 Å². The van der Waals surface area contributed by atoms with E-state index in [4.69, 9.17) is 10.5 Å². The molecule has 0 aliphatic carbocycles. The molecule has 0 bridgehead atoms. The molecule has 1 unspecified atom stereocenters. The molecule has 162 valence electrons. The van der Waals surface area contributed by atoms with E-state index >= 15 is 0 Å². The highest BCUT2D eigenvalue weighted by Gasteiger charge is 2.16. The Hall–Kier alpha value is -4.04. The highest BCUT2D eigenvalue weighted by molar-refractivity contribution is 5.94. The van der Waals surface area contributed by atoms with Crippen molar-refractivity contribution in [2.45, 2.75) is 12.5 Å². The van der Waals surface area contributed by atoms with Crippen LogP contribution in [0.4, 0.5) is 10.2 Å². The number of carbonyl (C=O) groups is 1. The Morgan fingerprint density at radius 3 is 2.41 bits per heavy atom. The molecule has 0 saturated carbocycles. The number of aryl methyl sites for hydroxylation is 1. The number of carbonyl (C=O) groups excluding carboxylic acids is 1. The molecule has 7 nitrogen and oxygen atoms in total. The van der Waals surface area contributed by atoms with E-state index in [9.17, 15) is 9.18 Å². The number of ether oxygens (including phenoxy) is 1. The van der Waals surface area contributed by atoms with Crippen molar-refractivity contribution >= 4 is 11.7 Å². The SMILES string of the molecule is Cn1cnc(CC(N)C(=O)Nc2cc(-c3ccc(Oc4ccc(F)cc4)cc3)ccn2)c1. The number of halogens is 1. The Morgan fingerprint density at radius 1 is 1.06 bits per heavy atom. The van der Waals surface area contributed by atoms with Crippen molar-refractivity contribution in [1.82, 2.24) is 14.5 Å². The molecule has 32 heavy (non-hydrogen) atoms. The normalized spacial score (nSPS) is 11.7. The van der Waals surface area contributed by atoms with Crippen LogP contribution in [0.2, 0.25) is 0 Å². The topological polar surface area (TPSA) is 95.1 Å². The summed E-state index contributed by atoms with van der Waals surface area (Å²) in [4.78, 5) is 20.9. The van der Waals surface area contributed by atoms with Gasteiger partial charge in [0.1, 0.15) is 23.1 Å². The van der Waals surface area contributed by atoms with Gasteiger partial charge >= 0.3 is 0 Å². The van der Waals surface area contributed by atoms with E-state index in [2.05, 4.69) is 15.3 Å². The molecule has 2 heterocycles. The zero-order chi connectivity index (χ0) is 22.5. The van der Waals surface area contributed by atoms with Gasteiger partial charge in [-0.15, -0.1) is 0 Å². The lowest BCUT2D eigenvalue weighted by Gasteiger charge is -2.12. The van der Waals surface area contributed by atoms with E-state index in [1.54, 1.807) is 35.3 Å². The summed E-state index contributed by atoms with van der Waals surface area (Å²) in [5.74, 6) is 0.948. The van der Waals surface area contributed by atoms with Gasteiger partial charge in [-0.05, 0) is 59.7 Å². The van der Waals surface area contributed by atoms with Crippen molar-refractivity contribution in [3.63, 3.8) is 0 Å². The van der Waals surface area contributed by atoms with Crippen LogP contribution < -0.4 is 15.8 Å². The first-order valence-electron chi connectivity index (χ1n) is 9.99. The summed E-state index contributed by atoms with van der Waals surface area (Å²) in [6.45, 7) is 0. The molecule has 0 radical (unpaired) electrons. The Kier molecular flexibility index (Phi) is 6.23. The lowest BCUT2D eigenvalue weighted by atomic mass is 10.1. The lowest BCUT2D eigenvalue weighted by molar-refractivity contribution is -0.117. The van der Waals surface area contributed by atoms with Crippen LogP contribution in [-0.4, -0.2) is 26.5 Å². The number of amides is 1. The van der Waals surface area contributed by atoms with Crippen LogP contribution in [0.5, 0.6) is 11.5 Å². The second kappa shape index (κ2) is 9.40. The van der Waals surface area contributed by atoms with Gasteiger partial charge in [-0.3, -0.25) is 4.79 Å². The fourth-order valence-corrected chi connectivity index (χ4v) is 3.14. The zero-order valence-electron chi connectivity index (χ0n) is 17.4. The number of benzene rings is 2. The van der Waals surface area contributed by atoms with E-state index < -0.39 is 6.04 Å². The number of rotatable bonds is 7. The molecule has 0 saturated heterocycles. The third kappa shape index (κ3) is 5.35. The molecule has 4 aromatic rings. The van der Waals surface area contributed by atoms with Gasteiger partial charge in [0, 0.05) is 25.9 Å². The van der Waals surface area contributed by atoms with E-state index in [-0.39, 0.29) is 11.7 Å². The highest BCUT2D eigenvalue weighted by atomic mass is 19.1. The monoisotopic (exact) mass is 431 g/mol. The summed E-state index contributed by atoms with van der Waals surface area (Å²) in [6.07, 6.45) is 5.45. The Morgan fingerprint density at radius 2 is 1.75 bits per heavy atom. The minimum absolute atomic E-state index is 0.314. The molecular weight excluding hydrogens is 409 g/mol. The van der Waals surface area contributed by atoms with Crippen LogP contribution in [0.1, 0.15) is 5.69 Å². The maximum Gasteiger partial charge on any atom is 0.242 e. The van der Waals surface area contributed by atoms with Crippen molar-refractivity contribution in [3.8, 4) is 22.6 Å². The fraction of sp³-hybridized carbons (Fsp3) is 0.125. The molecule has 2 aromatic carbocycles. The molecule has 1 atom stereocenters. The predicted octanol–water partition coefficient (Wildman–Crippen LogP) is 3.92. The van der Waals surface area contributed by atoms with E-state index in [1.165, 1.54) is 12.1 Å². The van der Waals surface area contributed by atoms with Crippen LogP contribution in [-0.2, 0) is 18.3 Å². The van der Waals surface area contributed by atoms with E-state index in [0.717, 1.165) is 16.8 Å².